The van der Waals surface area contributed by atoms with E-state index in [1.54, 1.807) is 11.3 Å². The third kappa shape index (κ3) is 3.90. The van der Waals surface area contributed by atoms with Crippen molar-refractivity contribution in [2.24, 2.45) is 11.3 Å². The van der Waals surface area contributed by atoms with Crippen molar-refractivity contribution >= 4 is 28.1 Å². The van der Waals surface area contributed by atoms with Crippen LogP contribution in [0.1, 0.15) is 60.7 Å². The number of carbonyl (C=O) groups is 1. The summed E-state index contributed by atoms with van der Waals surface area (Å²) in [6.07, 6.45) is 3.25. The van der Waals surface area contributed by atoms with E-state index in [9.17, 15) is 4.79 Å². The van der Waals surface area contributed by atoms with Gasteiger partial charge in [0, 0.05) is 17.1 Å². The number of hydrogen-bond donors (Lipinski definition) is 1. The molecule has 0 saturated carbocycles. The first-order valence-electron chi connectivity index (χ1n) is 10.4. The molecule has 1 N–H and O–H groups in total. The fourth-order valence-electron chi connectivity index (χ4n) is 4.09. The average molecular weight is 412 g/mol. The summed E-state index contributed by atoms with van der Waals surface area (Å²) in [5.41, 5.74) is 3.14. The summed E-state index contributed by atoms with van der Waals surface area (Å²) in [7, 11) is 0. The Morgan fingerprint density at radius 3 is 2.76 bits per heavy atom. The Balaban J connectivity index is 1.72. The van der Waals surface area contributed by atoms with Crippen LogP contribution in [0.5, 0.6) is 0 Å². The Labute approximate surface area is 176 Å². The predicted octanol–water partition coefficient (Wildman–Crippen LogP) is 5.34. The third-order valence-electron chi connectivity index (χ3n) is 5.81. The minimum absolute atomic E-state index is 0.300. The molecule has 0 amide bonds. The van der Waals surface area contributed by atoms with Gasteiger partial charge in [-0.2, -0.15) is 0 Å². The highest BCUT2D eigenvalue weighted by Gasteiger charge is 2.33. The van der Waals surface area contributed by atoms with Crippen molar-refractivity contribution in [1.29, 1.82) is 0 Å². The summed E-state index contributed by atoms with van der Waals surface area (Å²) < 4.78 is 7.44. The molecular weight excluding hydrogens is 382 g/mol. The van der Waals surface area contributed by atoms with Gasteiger partial charge in [-0.3, -0.25) is 4.40 Å². The number of nitrogens with zero attached hydrogens (tertiary/aromatic N) is 2. The van der Waals surface area contributed by atoms with Crippen LogP contribution in [0, 0.1) is 11.3 Å². The third-order valence-corrected chi connectivity index (χ3v) is 6.92. The second-order valence-corrected chi connectivity index (χ2v) is 9.83. The topological polar surface area (TPSA) is 55.6 Å². The van der Waals surface area contributed by atoms with E-state index in [-0.39, 0.29) is 5.97 Å². The SMILES string of the molecule is CCOC(=O)c1nc2sc3c(n2c1NCc1ccccc1)CCC(C(C)(C)C)C3. The fraction of sp³-hybridized carbons (Fsp3) is 0.478. The predicted molar refractivity (Wildman–Crippen MR) is 118 cm³/mol. The first kappa shape index (κ1) is 20.0. The lowest BCUT2D eigenvalue weighted by atomic mass is 9.73. The van der Waals surface area contributed by atoms with E-state index in [0.29, 0.717) is 30.2 Å². The van der Waals surface area contributed by atoms with Crippen molar-refractivity contribution in [3.63, 3.8) is 0 Å². The van der Waals surface area contributed by atoms with E-state index in [0.717, 1.165) is 35.6 Å². The van der Waals surface area contributed by atoms with Crippen LogP contribution in [0.3, 0.4) is 0 Å². The molecule has 29 heavy (non-hydrogen) atoms. The molecular formula is C23H29N3O2S. The average Bonchev–Trinajstić information content (AvgIpc) is 3.22. The normalized spacial score (nSPS) is 16.6. The molecule has 0 fully saturated rings. The molecule has 1 aliphatic carbocycles. The number of imidazole rings is 1. The van der Waals surface area contributed by atoms with Crippen molar-refractivity contribution in [3.8, 4) is 0 Å². The van der Waals surface area contributed by atoms with Gasteiger partial charge in [0.1, 0.15) is 5.82 Å². The largest absolute Gasteiger partial charge is 0.461 e. The Hall–Kier alpha value is -2.34. The Kier molecular flexibility index (Phi) is 5.38. The van der Waals surface area contributed by atoms with Crippen LogP contribution in [0.4, 0.5) is 5.82 Å². The molecule has 3 aromatic rings. The molecule has 0 bridgehead atoms. The molecule has 1 aromatic carbocycles. The molecule has 0 spiro atoms. The number of anilines is 1. The van der Waals surface area contributed by atoms with Crippen LogP contribution in [-0.4, -0.2) is 22.0 Å². The summed E-state index contributed by atoms with van der Waals surface area (Å²) in [5.74, 6) is 1.06. The Bertz CT molecular complexity index is 1010. The second-order valence-electron chi connectivity index (χ2n) is 8.76. The summed E-state index contributed by atoms with van der Waals surface area (Å²) >= 11 is 1.72. The van der Waals surface area contributed by atoms with Gasteiger partial charge in [0.2, 0.25) is 0 Å². The molecule has 4 rings (SSSR count). The van der Waals surface area contributed by atoms with Gasteiger partial charge in [0.25, 0.3) is 0 Å². The molecule has 6 heteroatoms. The summed E-state index contributed by atoms with van der Waals surface area (Å²) in [6, 6.07) is 10.2. The maximum absolute atomic E-state index is 12.6. The molecule has 2 aromatic heterocycles. The van der Waals surface area contributed by atoms with Crippen LogP contribution in [0.15, 0.2) is 30.3 Å². The number of nitrogens with one attached hydrogen (secondary N) is 1. The van der Waals surface area contributed by atoms with Crippen molar-refractivity contribution < 1.29 is 9.53 Å². The zero-order valence-electron chi connectivity index (χ0n) is 17.6. The van der Waals surface area contributed by atoms with E-state index >= 15 is 0 Å². The first-order chi connectivity index (χ1) is 13.9. The minimum atomic E-state index is -0.365. The first-order valence-corrected chi connectivity index (χ1v) is 11.2. The zero-order valence-corrected chi connectivity index (χ0v) is 18.4. The maximum atomic E-state index is 12.6. The van der Waals surface area contributed by atoms with Crippen molar-refractivity contribution in [1.82, 2.24) is 9.38 Å². The molecule has 1 atom stereocenters. The van der Waals surface area contributed by atoms with E-state index in [1.165, 1.54) is 10.6 Å². The molecule has 2 heterocycles. The summed E-state index contributed by atoms with van der Waals surface area (Å²) in [4.78, 5) is 19.5. The highest BCUT2D eigenvalue weighted by Crippen LogP contribution is 2.41. The van der Waals surface area contributed by atoms with Crippen LogP contribution >= 0.6 is 11.3 Å². The number of rotatable bonds is 5. The Morgan fingerprint density at radius 2 is 2.07 bits per heavy atom. The van der Waals surface area contributed by atoms with Crippen LogP contribution < -0.4 is 5.32 Å². The van der Waals surface area contributed by atoms with E-state index in [1.807, 2.05) is 25.1 Å². The number of ether oxygens (including phenoxy) is 1. The van der Waals surface area contributed by atoms with Crippen molar-refractivity contribution in [2.75, 3.05) is 11.9 Å². The molecule has 5 nitrogen and oxygen atoms in total. The quantitative estimate of drug-likeness (QED) is 0.576. The van der Waals surface area contributed by atoms with E-state index < -0.39 is 0 Å². The molecule has 1 unspecified atom stereocenters. The fourth-order valence-corrected chi connectivity index (χ4v) is 5.33. The minimum Gasteiger partial charge on any atom is -0.461 e. The lowest BCUT2D eigenvalue weighted by Gasteiger charge is -2.33. The number of hydrogen-bond acceptors (Lipinski definition) is 5. The number of benzene rings is 1. The highest BCUT2D eigenvalue weighted by molar-refractivity contribution is 7.17. The number of aromatic nitrogens is 2. The molecule has 0 saturated heterocycles. The summed E-state index contributed by atoms with van der Waals surface area (Å²) in [5, 5.41) is 3.48. The standard InChI is InChI=1S/C23H29N3O2S/c1-5-28-21(27)19-20(24-14-15-9-7-6-8-10-15)26-17-12-11-16(23(2,3)4)13-18(17)29-22(26)25-19/h6-10,16,24H,5,11-14H2,1-4H3. The van der Waals surface area contributed by atoms with Gasteiger partial charge in [0.05, 0.1) is 6.61 Å². The molecule has 154 valence electrons. The highest BCUT2D eigenvalue weighted by atomic mass is 32.1. The van der Waals surface area contributed by atoms with Crippen LogP contribution in [0.2, 0.25) is 0 Å². The number of aryl methyl sites for hydroxylation is 1. The van der Waals surface area contributed by atoms with Gasteiger partial charge < -0.3 is 10.1 Å². The summed E-state index contributed by atoms with van der Waals surface area (Å²) in [6.45, 7) is 9.78. The molecule has 0 aliphatic heterocycles. The van der Waals surface area contributed by atoms with Gasteiger partial charge in [0.15, 0.2) is 10.7 Å². The van der Waals surface area contributed by atoms with Gasteiger partial charge in [-0.1, -0.05) is 51.1 Å². The second kappa shape index (κ2) is 7.82. The number of carbonyl (C=O) groups excluding carboxylic acids is 1. The van der Waals surface area contributed by atoms with Crippen LogP contribution in [0.25, 0.3) is 4.96 Å². The lowest BCUT2D eigenvalue weighted by molar-refractivity contribution is 0.0521. The van der Waals surface area contributed by atoms with Crippen LogP contribution in [-0.2, 0) is 24.1 Å². The number of fused-ring (bicyclic) bond motifs is 3. The maximum Gasteiger partial charge on any atom is 0.360 e. The van der Waals surface area contributed by atoms with Gasteiger partial charge >= 0.3 is 5.97 Å². The van der Waals surface area contributed by atoms with Gasteiger partial charge in [-0.15, -0.1) is 11.3 Å². The number of thiazole rings is 1. The molecule has 1 aliphatic rings. The van der Waals surface area contributed by atoms with Gasteiger partial charge in [-0.25, -0.2) is 9.78 Å². The van der Waals surface area contributed by atoms with E-state index in [2.05, 4.69) is 47.6 Å². The molecule has 0 radical (unpaired) electrons. The smallest absolute Gasteiger partial charge is 0.360 e. The monoisotopic (exact) mass is 411 g/mol. The van der Waals surface area contributed by atoms with Crippen molar-refractivity contribution in [2.45, 2.75) is 53.5 Å². The van der Waals surface area contributed by atoms with Gasteiger partial charge in [-0.05, 0) is 43.1 Å². The van der Waals surface area contributed by atoms with Crippen molar-refractivity contribution in [3.05, 3.63) is 52.2 Å². The lowest BCUT2D eigenvalue weighted by Crippen LogP contribution is -2.26. The zero-order chi connectivity index (χ0) is 20.6. The Morgan fingerprint density at radius 1 is 1.31 bits per heavy atom. The van der Waals surface area contributed by atoms with E-state index in [4.69, 9.17) is 4.74 Å². The number of esters is 1.